The normalized spacial score (nSPS) is 16.2. The summed E-state index contributed by atoms with van der Waals surface area (Å²) in [5, 5.41) is 0.543. The Morgan fingerprint density at radius 1 is 0.879 bits per heavy atom. The van der Waals surface area contributed by atoms with Crippen molar-refractivity contribution in [3.63, 3.8) is 0 Å². The number of halogens is 2. The summed E-state index contributed by atoms with van der Waals surface area (Å²) >= 11 is 5.62. The summed E-state index contributed by atoms with van der Waals surface area (Å²) in [5.41, 5.74) is 0.108. The fourth-order valence-corrected chi connectivity index (χ4v) is 4.94. The summed E-state index contributed by atoms with van der Waals surface area (Å²) in [5.74, 6) is 0. The molecule has 33 heavy (non-hydrogen) atoms. The first-order valence-electron chi connectivity index (χ1n) is 10.2. The van der Waals surface area contributed by atoms with Gasteiger partial charge in [0, 0.05) is 8.04 Å². The zero-order valence-corrected chi connectivity index (χ0v) is 23.5. The van der Waals surface area contributed by atoms with Crippen molar-refractivity contribution >= 4 is 64.0 Å². The molecule has 0 N–H and O–H groups in total. The summed E-state index contributed by atoms with van der Waals surface area (Å²) in [6.45, 7) is 12.3. The minimum atomic E-state index is -3.26. The molecule has 2 aromatic rings. The SMILES string of the molecule is Brc1ccc(I)cc1.C.C.CCOP(=O)(OCC)c1ccc(B2OC(C)(C)C(C)(C)O2)cc1. The van der Waals surface area contributed by atoms with Gasteiger partial charge in [0.2, 0.25) is 0 Å². The van der Waals surface area contributed by atoms with Crippen molar-refractivity contribution < 1.29 is 22.9 Å². The fourth-order valence-electron chi connectivity index (χ4n) is 2.75. The predicted octanol–water partition coefficient (Wildman–Crippen LogP) is 7.20. The van der Waals surface area contributed by atoms with Gasteiger partial charge in [0.15, 0.2) is 0 Å². The van der Waals surface area contributed by atoms with Crippen LogP contribution in [0.4, 0.5) is 0 Å². The molecule has 3 rings (SSSR count). The van der Waals surface area contributed by atoms with Crippen LogP contribution in [0.25, 0.3) is 0 Å². The van der Waals surface area contributed by atoms with Crippen LogP contribution in [0.2, 0.25) is 0 Å². The van der Waals surface area contributed by atoms with Crippen LogP contribution >= 0.6 is 46.1 Å². The highest BCUT2D eigenvalue weighted by Gasteiger charge is 2.51. The first kappa shape index (κ1) is 32.8. The summed E-state index contributed by atoms with van der Waals surface area (Å²) in [6, 6.07) is 15.4. The summed E-state index contributed by atoms with van der Waals surface area (Å²) < 4.78 is 37.9. The van der Waals surface area contributed by atoms with Gasteiger partial charge >= 0.3 is 14.7 Å². The van der Waals surface area contributed by atoms with Crippen molar-refractivity contribution in [3.8, 4) is 0 Å². The molecule has 5 nitrogen and oxygen atoms in total. The van der Waals surface area contributed by atoms with Crippen molar-refractivity contribution in [3.05, 3.63) is 56.6 Å². The molecule has 0 bridgehead atoms. The molecule has 0 atom stereocenters. The number of benzene rings is 2. The molecule has 0 unspecified atom stereocenters. The van der Waals surface area contributed by atoms with Crippen LogP contribution in [0.5, 0.6) is 0 Å². The Hall–Kier alpha value is -0.215. The molecule has 0 saturated carbocycles. The lowest BCUT2D eigenvalue weighted by atomic mass is 9.79. The Labute approximate surface area is 223 Å². The van der Waals surface area contributed by atoms with Crippen LogP contribution in [0, 0.1) is 3.57 Å². The molecular weight excluding hydrogens is 617 g/mol. The first-order chi connectivity index (χ1) is 14.4. The summed E-state index contributed by atoms with van der Waals surface area (Å²) in [7, 11) is -3.69. The molecule has 1 aliphatic heterocycles. The smallest absolute Gasteiger partial charge is 0.399 e. The van der Waals surface area contributed by atoms with Gasteiger partial charge in [-0.25, -0.2) is 0 Å². The predicted molar refractivity (Wildman–Crippen MR) is 153 cm³/mol. The molecule has 1 saturated heterocycles. The van der Waals surface area contributed by atoms with Crippen LogP contribution in [0.1, 0.15) is 56.4 Å². The van der Waals surface area contributed by atoms with E-state index in [0.717, 1.165) is 9.94 Å². The lowest BCUT2D eigenvalue weighted by molar-refractivity contribution is 0.00578. The van der Waals surface area contributed by atoms with Gasteiger partial charge < -0.3 is 18.4 Å². The number of hydrogen-bond donors (Lipinski definition) is 0. The maximum Gasteiger partial charge on any atom is 0.494 e. The highest BCUT2D eigenvalue weighted by Crippen LogP contribution is 2.46. The molecular formula is C24H38BBrIO5P. The van der Waals surface area contributed by atoms with E-state index in [-0.39, 0.29) is 26.1 Å². The Morgan fingerprint density at radius 2 is 1.30 bits per heavy atom. The Bertz CT molecular complexity index is 844. The third-order valence-electron chi connectivity index (χ3n) is 5.14. The Morgan fingerprint density at radius 3 is 1.67 bits per heavy atom. The van der Waals surface area contributed by atoms with Gasteiger partial charge in [-0.2, -0.15) is 0 Å². The van der Waals surface area contributed by atoms with Crippen LogP contribution in [-0.4, -0.2) is 31.5 Å². The van der Waals surface area contributed by atoms with Gasteiger partial charge in [-0.05, 0) is 106 Å². The van der Waals surface area contributed by atoms with Gasteiger partial charge in [0.25, 0.3) is 0 Å². The third-order valence-corrected chi connectivity index (χ3v) is 8.51. The highest BCUT2D eigenvalue weighted by atomic mass is 127. The Balaban J connectivity index is 0.000000870. The van der Waals surface area contributed by atoms with Crippen molar-refractivity contribution in [1.29, 1.82) is 0 Å². The summed E-state index contributed by atoms with van der Waals surface area (Å²) in [4.78, 5) is 0. The molecule has 9 heteroatoms. The largest absolute Gasteiger partial charge is 0.494 e. The Kier molecular flexibility index (Phi) is 13.7. The minimum absolute atomic E-state index is 0. The monoisotopic (exact) mass is 654 g/mol. The van der Waals surface area contributed by atoms with Gasteiger partial charge in [0.05, 0.1) is 29.7 Å². The van der Waals surface area contributed by atoms with Gasteiger partial charge in [-0.1, -0.05) is 42.9 Å². The molecule has 186 valence electrons. The van der Waals surface area contributed by atoms with E-state index in [1.165, 1.54) is 3.57 Å². The maximum absolute atomic E-state index is 12.7. The molecule has 1 heterocycles. The van der Waals surface area contributed by atoms with E-state index in [2.05, 4.69) is 50.7 Å². The van der Waals surface area contributed by atoms with Crippen molar-refractivity contribution in [2.45, 2.75) is 67.6 Å². The average molecular weight is 655 g/mol. The van der Waals surface area contributed by atoms with Crippen LogP contribution in [0.15, 0.2) is 53.0 Å². The van der Waals surface area contributed by atoms with Crippen LogP contribution < -0.4 is 10.8 Å². The van der Waals surface area contributed by atoms with Gasteiger partial charge in [-0.3, -0.25) is 4.57 Å². The fraction of sp³-hybridized carbons (Fsp3) is 0.500. The second kappa shape index (κ2) is 13.8. The molecule has 0 aliphatic carbocycles. The van der Waals surface area contributed by atoms with Crippen LogP contribution in [-0.2, 0) is 22.9 Å². The first-order valence-corrected chi connectivity index (χ1v) is 13.6. The summed E-state index contributed by atoms with van der Waals surface area (Å²) in [6.07, 6.45) is 0. The second-order valence-electron chi connectivity index (χ2n) is 7.95. The highest BCUT2D eigenvalue weighted by molar-refractivity contribution is 14.1. The van der Waals surface area contributed by atoms with Gasteiger partial charge in [-0.15, -0.1) is 0 Å². The zero-order valence-electron chi connectivity index (χ0n) is 18.9. The lowest BCUT2D eigenvalue weighted by Gasteiger charge is -2.32. The van der Waals surface area contributed by atoms with E-state index in [1.807, 2.05) is 52.0 Å². The van der Waals surface area contributed by atoms with E-state index in [0.29, 0.717) is 18.5 Å². The molecule has 0 spiro atoms. The standard InChI is InChI=1S/C16H26BO5P.C6H4BrI.2CH4/c1-7-19-23(18,20-8-2)14-11-9-13(10-12-14)17-21-15(3,4)16(5,6)22-17;7-5-1-3-6(8)4-2-5;;/h9-12H,7-8H2,1-6H3;1-4H;2*1H4. The molecule has 0 aromatic heterocycles. The van der Waals surface area contributed by atoms with E-state index < -0.39 is 14.7 Å². The molecule has 2 aromatic carbocycles. The average Bonchev–Trinajstić information content (AvgIpc) is 2.92. The third kappa shape index (κ3) is 8.74. The van der Waals surface area contributed by atoms with Gasteiger partial charge in [0.1, 0.15) is 0 Å². The maximum atomic E-state index is 12.7. The van der Waals surface area contributed by atoms with Crippen molar-refractivity contribution in [2.24, 2.45) is 0 Å². The molecule has 1 aliphatic rings. The van der Waals surface area contributed by atoms with Crippen LogP contribution in [0.3, 0.4) is 0 Å². The number of hydrogen-bond acceptors (Lipinski definition) is 5. The van der Waals surface area contributed by atoms with Crippen molar-refractivity contribution in [2.75, 3.05) is 13.2 Å². The molecule has 1 fully saturated rings. The van der Waals surface area contributed by atoms with E-state index in [9.17, 15) is 4.57 Å². The lowest BCUT2D eigenvalue weighted by Crippen LogP contribution is -2.41. The zero-order chi connectivity index (χ0) is 23.3. The van der Waals surface area contributed by atoms with Crippen molar-refractivity contribution in [1.82, 2.24) is 0 Å². The van der Waals surface area contributed by atoms with E-state index in [4.69, 9.17) is 18.4 Å². The van der Waals surface area contributed by atoms with E-state index in [1.54, 1.807) is 26.0 Å². The second-order valence-corrected chi connectivity index (χ2v) is 12.1. The quantitative estimate of drug-likeness (QED) is 0.187. The molecule has 0 amide bonds. The topological polar surface area (TPSA) is 54.0 Å². The van der Waals surface area contributed by atoms with E-state index >= 15 is 0 Å². The minimum Gasteiger partial charge on any atom is -0.399 e. The molecule has 0 radical (unpaired) electrons. The number of rotatable bonds is 6.